The number of imide groups is 1. The molecule has 11 heteroatoms. The van der Waals surface area contributed by atoms with Crippen molar-refractivity contribution in [3.8, 4) is 23.0 Å². The number of nitrogens with zero attached hydrogens (tertiary/aromatic N) is 1. The van der Waals surface area contributed by atoms with Gasteiger partial charge < -0.3 is 25.0 Å². The third-order valence-electron chi connectivity index (χ3n) is 8.04. The van der Waals surface area contributed by atoms with E-state index in [9.17, 15) is 24.6 Å². The van der Waals surface area contributed by atoms with Crippen LogP contribution in [0.2, 0.25) is 5.02 Å². The Balaban J connectivity index is 1.30. The number of ether oxygens (including phenoxy) is 2. The highest BCUT2D eigenvalue weighted by molar-refractivity contribution is 6.31. The van der Waals surface area contributed by atoms with E-state index < -0.39 is 41.1 Å². The quantitative estimate of drug-likeness (QED) is 0.289. The largest absolute Gasteiger partial charge is 0.504 e. The van der Waals surface area contributed by atoms with E-state index in [4.69, 9.17) is 21.1 Å². The molecule has 0 radical (unpaired) electrons. The lowest BCUT2D eigenvalue weighted by Crippen LogP contribution is -2.53. The first-order valence-corrected chi connectivity index (χ1v) is 12.8. The molecule has 4 N–H and O–H groups in total. The van der Waals surface area contributed by atoms with Gasteiger partial charge >= 0.3 is 0 Å². The van der Waals surface area contributed by atoms with Crippen LogP contribution in [0, 0.1) is 11.8 Å². The molecule has 0 unspecified atom stereocenters. The number of hydrogen-bond donors (Lipinski definition) is 4. The van der Waals surface area contributed by atoms with Crippen molar-refractivity contribution >= 4 is 35.0 Å². The Morgan fingerprint density at radius 3 is 2.54 bits per heavy atom. The van der Waals surface area contributed by atoms with Crippen LogP contribution in [0.1, 0.15) is 16.7 Å². The number of carbonyl (C=O) groups excluding carboxylic acids is 3. The Bertz CT molecular complexity index is 1590. The first kappa shape index (κ1) is 23.8. The number of phenolic OH excluding ortho intramolecular Hbond substituents is 2. The average Bonchev–Trinajstić information content (AvgIpc) is 3.64. The predicted molar refractivity (Wildman–Crippen MR) is 137 cm³/mol. The molecule has 3 amide bonds. The number of phenols is 2. The molecule has 0 aliphatic carbocycles. The summed E-state index contributed by atoms with van der Waals surface area (Å²) in [6, 6.07) is 14.0. The van der Waals surface area contributed by atoms with Crippen LogP contribution in [0.15, 0.2) is 54.6 Å². The number of fused-ring (bicyclic) bond motifs is 5. The van der Waals surface area contributed by atoms with Crippen LogP contribution in [-0.2, 0) is 32.9 Å². The second-order valence-corrected chi connectivity index (χ2v) is 10.6. The van der Waals surface area contributed by atoms with Crippen molar-refractivity contribution in [2.45, 2.75) is 24.5 Å². The van der Waals surface area contributed by atoms with Crippen LogP contribution >= 0.6 is 11.6 Å². The molecule has 39 heavy (non-hydrogen) atoms. The zero-order chi connectivity index (χ0) is 27.1. The summed E-state index contributed by atoms with van der Waals surface area (Å²) in [6.45, 7) is 0.110. The first-order valence-electron chi connectivity index (χ1n) is 12.4. The number of benzene rings is 3. The Morgan fingerprint density at radius 1 is 0.923 bits per heavy atom. The van der Waals surface area contributed by atoms with E-state index in [-0.39, 0.29) is 31.3 Å². The number of aromatic hydroxyl groups is 2. The standard InChI is InChI=1S/C28H22ClN3O7/c29-15-3-4-17-16(10-15)28(27(37)30-17)24-23(18(31-28)7-13-1-5-19(33)20(34)8-13)25(35)32(26(24)36)11-14-2-6-21-22(9-14)39-12-38-21/h1-6,8-10,18,23-24,31,33-34H,7,11-12H2,(H,30,37)/t18-,23-,24+,28-/m1/s1. The zero-order valence-electron chi connectivity index (χ0n) is 20.3. The molecule has 7 rings (SSSR count). The second-order valence-electron chi connectivity index (χ2n) is 10.2. The lowest BCUT2D eigenvalue weighted by atomic mass is 9.76. The average molecular weight is 548 g/mol. The molecular formula is C28H22ClN3O7. The highest BCUT2D eigenvalue weighted by atomic mass is 35.5. The van der Waals surface area contributed by atoms with Crippen LogP contribution in [0.5, 0.6) is 23.0 Å². The summed E-state index contributed by atoms with van der Waals surface area (Å²) in [5, 5.41) is 26.4. The van der Waals surface area contributed by atoms with Gasteiger partial charge in [0.15, 0.2) is 23.0 Å². The number of carbonyl (C=O) groups is 3. The molecule has 10 nitrogen and oxygen atoms in total. The monoisotopic (exact) mass is 547 g/mol. The summed E-state index contributed by atoms with van der Waals surface area (Å²) in [6.07, 6.45) is 0.219. The van der Waals surface area contributed by atoms with Gasteiger partial charge in [0.2, 0.25) is 24.5 Å². The van der Waals surface area contributed by atoms with Crippen molar-refractivity contribution in [1.82, 2.24) is 10.2 Å². The van der Waals surface area contributed by atoms with Crippen molar-refractivity contribution in [3.05, 3.63) is 76.3 Å². The molecule has 0 aromatic heterocycles. The van der Waals surface area contributed by atoms with Crippen LogP contribution in [0.25, 0.3) is 0 Å². The van der Waals surface area contributed by atoms with Gasteiger partial charge in [0.05, 0.1) is 18.4 Å². The number of rotatable bonds is 4. The van der Waals surface area contributed by atoms with E-state index >= 15 is 0 Å². The van der Waals surface area contributed by atoms with Crippen LogP contribution in [0.3, 0.4) is 0 Å². The summed E-state index contributed by atoms with van der Waals surface area (Å²) in [5.74, 6) is -2.62. The Hall–Kier alpha value is -4.28. The third kappa shape index (κ3) is 3.41. The van der Waals surface area contributed by atoms with Gasteiger partial charge in [-0.05, 0) is 60.0 Å². The van der Waals surface area contributed by atoms with Crippen molar-refractivity contribution < 1.29 is 34.1 Å². The second kappa shape index (κ2) is 8.36. The van der Waals surface area contributed by atoms with Crippen molar-refractivity contribution in [1.29, 1.82) is 0 Å². The van der Waals surface area contributed by atoms with E-state index in [1.807, 2.05) is 0 Å². The van der Waals surface area contributed by atoms with Crippen molar-refractivity contribution in [2.75, 3.05) is 12.1 Å². The van der Waals surface area contributed by atoms with Crippen LogP contribution in [0.4, 0.5) is 5.69 Å². The lowest BCUT2D eigenvalue weighted by molar-refractivity contribution is -0.143. The fraction of sp³-hybridized carbons (Fsp3) is 0.250. The molecule has 4 heterocycles. The fourth-order valence-corrected chi connectivity index (χ4v) is 6.51. The number of nitrogens with one attached hydrogen (secondary N) is 2. The molecule has 0 bridgehead atoms. The number of hydrogen-bond acceptors (Lipinski definition) is 8. The Labute approximate surface area is 227 Å². The number of anilines is 1. The summed E-state index contributed by atoms with van der Waals surface area (Å²) < 4.78 is 10.8. The molecule has 4 atom stereocenters. The molecule has 3 aromatic rings. The van der Waals surface area contributed by atoms with Crippen LogP contribution < -0.4 is 20.1 Å². The van der Waals surface area contributed by atoms with Gasteiger partial charge in [0.1, 0.15) is 5.54 Å². The molecule has 2 saturated heterocycles. The van der Waals surface area contributed by atoms with Crippen molar-refractivity contribution in [2.24, 2.45) is 11.8 Å². The highest BCUT2D eigenvalue weighted by Gasteiger charge is 2.70. The molecule has 4 aliphatic heterocycles. The van der Waals surface area contributed by atoms with Gasteiger partial charge in [0.25, 0.3) is 0 Å². The zero-order valence-corrected chi connectivity index (χ0v) is 21.1. The highest BCUT2D eigenvalue weighted by Crippen LogP contribution is 2.54. The molecule has 3 aromatic carbocycles. The molecule has 0 saturated carbocycles. The van der Waals surface area contributed by atoms with E-state index in [0.717, 1.165) is 0 Å². The van der Waals surface area contributed by atoms with Gasteiger partial charge in [-0.3, -0.25) is 24.6 Å². The van der Waals surface area contributed by atoms with E-state index in [1.165, 1.54) is 17.0 Å². The normalized spacial score (nSPS) is 26.3. The van der Waals surface area contributed by atoms with Gasteiger partial charge in [-0.15, -0.1) is 0 Å². The number of halogens is 1. The van der Waals surface area contributed by atoms with E-state index in [0.29, 0.717) is 38.9 Å². The Kier molecular flexibility index (Phi) is 5.10. The van der Waals surface area contributed by atoms with Gasteiger partial charge in [-0.2, -0.15) is 0 Å². The molecule has 4 aliphatic rings. The summed E-state index contributed by atoms with van der Waals surface area (Å²) >= 11 is 6.32. The predicted octanol–water partition coefficient (Wildman–Crippen LogP) is 2.64. The maximum absolute atomic E-state index is 14.1. The smallest absolute Gasteiger partial charge is 0.250 e. The van der Waals surface area contributed by atoms with Gasteiger partial charge in [-0.25, -0.2) is 0 Å². The van der Waals surface area contributed by atoms with Crippen molar-refractivity contribution in [3.63, 3.8) is 0 Å². The number of amides is 3. The maximum Gasteiger partial charge on any atom is 0.250 e. The summed E-state index contributed by atoms with van der Waals surface area (Å²) in [7, 11) is 0. The maximum atomic E-state index is 14.1. The van der Waals surface area contributed by atoms with Gasteiger partial charge in [-0.1, -0.05) is 23.7 Å². The van der Waals surface area contributed by atoms with E-state index in [1.54, 1.807) is 42.5 Å². The minimum Gasteiger partial charge on any atom is -0.504 e. The first-order chi connectivity index (χ1) is 18.8. The molecule has 1 spiro atoms. The summed E-state index contributed by atoms with van der Waals surface area (Å²) in [4.78, 5) is 42.9. The fourth-order valence-electron chi connectivity index (χ4n) is 6.34. The third-order valence-corrected chi connectivity index (χ3v) is 8.28. The lowest BCUT2D eigenvalue weighted by Gasteiger charge is -2.29. The minimum atomic E-state index is -1.51. The van der Waals surface area contributed by atoms with Crippen LogP contribution in [-0.4, -0.2) is 45.7 Å². The molecule has 2 fully saturated rings. The summed E-state index contributed by atoms with van der Waals surface area (Å²) in [5.41, 5.74) is 0.829. The molecule has 198 valence electrons. The minimum absolute atomic E-state index is 0.00806. The number of likely N-dealkylation sites (tertiary alicyclic amines) is 1. The SMILES string of the molecule is O=C1[C@H]2[C@@H](C(=O)N1Cc1ccc3c(c1)OCO3)[C@@]1(N[C@@H]2Cc2ccc(O)c(O)c2)C(=O)Nc2ccc(Cl)cc21. The Morgan fingerprint density at radius 2 is 1.72 bits per heavy atom. The topological polar surface area (TPSA) is 137 Å². The molecular weight excluding hydrogens is 526 g/mol. The van der Waals surface area contributed by atoms with Gasteiger partial charge in [0, 0.05) is 22.3 Å². The van der Waals surface area contributed by atoms with E-state index in [2.05, 4.69) is 10.6 Å².